The van der Waals surface area contributed by atoms with E-state index >= 15 is 0 Å². The van der Waals surface area contributed by atoms with Crippen LogP contribution in [0.4, 0.5) is 37.7 Å². The molecule has 0 aliphatic carbocycles. The Morgan fingerprint density at radius 3 is 1.30 bits per heavy atom. The van der Waals surface area contributed by atoms with Crippen LogP contribution in [-0.2, 0) is 59.7 Å². The first kappa shape index (κ1) is 48.5. The SMILES string of the molecule is CCc1ccc(CBr)cc1.CCc1ccc(Cc2cc(C(F)(F)F)ccc2N)cc1.Nc1ccc(C(F)(F)F)cc1I.[CH2-]c1ccc(CC)cc1.[Zn+][Br]. The van der Waals surface area contributed by atoms with Gasteiger partial charge in [-0.2, -0.15) is 51.0 Å². The summed E-state index contributed by atoms with van der Waals surface area (Å²) in [6.45, 7) is 10.2. The summed E-state index contributed by atoms with van der Waals surface area (Å²) in [4.78, 5) is 0. The zero-order chi connectivity index (χ0) is 40.2. The van der Waals surface area contributed by atoms with Crippen LogP contribution < -0.4 is 11.5 Å². The van der Waals surface area contributed by atoms with Gasteiger partial charge >= 0.3 is 42.3 Å². The fraction of sp³-hybridized carbons (Fsp3) is 0.244. The molecule has 0 saturated heterocycles. The van der Waals surface area contributed by atoms with Crippen LogP contribution in [-0.4, -0.2) is 0 Å². The van der Waals surface area contributed by atoms with Gasteiger partial charge in [0.25, 0.3) is 0 Å². The Bertz CT molecular complexity index is 1740. The Morgan fingerprint density at radius 1 is 0.566 bits per heavy atom. The van der Waals surface area contributed by atoms with Crippen LogP contribution >= 0.6 is 52.1 Å². The third kappa shape index (κ3) is 18.6. The minimum absolute atomic E-state index is 0.364. The van der Waals surface area contributed by atoms with Gasteiger partial charge in [-0.25, -0.2) is 0 Å². The van der Waals surface area contributed by atoms with Gasteiger partial charge in [0.15, 0.2) is 0 Å². The van der Waals surface area contributed by atoms with E-state index in [-0.39, 0.29) is 0 Å². The molecule has 0 saturated carbocycles. The number of anilines is 2. The molecule has 4 N–H and O–H groups in total. The Hall–Kier alpha value is -2.54. The molecule has 5 rings (SSSR count). The molecule has 0 amide bonds. The number of rotatable bonds is 6. The van der Waals surface area contributed by atoms with Crippen molar-refractivity contribution >= 4 is 63.5 Å². The molecule has 0 bridgehead atoms. The van der Waals surface area contributed by atoms with Crippen LogP contribution in [0.1, 0.15) is 70.8 Å². The van der Waals surface area contributed by atoms with Crippen LogP contribution in [0.5, 0.6) is 0 Å². The van der Waals surface area contributed by atoms with Gasteiger partial charge in [-0.1, -0.05) is 90.8 Å². The number of halogens is 9. The van der Waals surface area contributed by atoms with Gasteiger partial charge in [0.05, 0.1) is 11.1 Å². The standard InChI is InChI=1S/C16H16F3N.C9H11Br.C9H11.C7H5F3IN.BrH.Zn/c1-2-11-3-5-12(6-4-11)9-13-10-14(16(17,18)19)7-8-15(13)20;1-2-8-3-5-9(7-10)6-4-8;1-3-9-6-4-8(2)5-7-9;8-7(9,10)4-1-2-6(12)5(11)3-4;;/h3-8,10H,2,9,20H2,1H3;3-6H,2,7H2,1H3;4-7H,2-3H2,1H3;1-3H,12H2;1H;/q;;-1;;;+2/p-1. The summed E-state index contributed by atoms with van der Waals surface area (Å²) in [7, 11) is 0. The van der Waals surface area contributed by atoms with Crippen LogP contribution in [0.2, 0.25) is 0 Å². The Morgan fingerprint density at radius 2 is 0.925 bits per heavy atom. The van der Waals surface area contributed by atoms with E-state index in [9.17, 15) is 26.3 Å². The van der Waals surface area contributed by atoms with Gasteiger partial charge in [-0.05, 0) is 112 Å². The number of nitrogen functional groups attached to an aromatic ring is 2. The van der Waals surface area contributed by atoms with E-state index in [0.29, 0.717) is 26.9 Å². The second kappa shape index (κ2) is 24.8. The Kier molecular flexibility index (Phi) is 22.7. The van der Waals surface area contributed by atoms with Crippen molar-refractivity contribution in [2.75, 3.05) is 11.5 Å². The first-order chi connectivity index (χ1) is 25.0. The van der Waals surface area contributed by atoms with E-state index in [1.807, 2.05) is 36.4 Å². The topological polar surface area (TPSA) is 52.0 Å². The number of hydrogen-bond donors (Lipinski definition) is 2. The second-order valence-corrected chi connectivity index (χ2v) is 13.2. The maximum absolute atomic E-state index is 12.7. The summed E-state index contributed by atoms with van der Waals surface area (Å²) in [5.41, 5.74) is 18.4. The molecule has 53 heavy (non-hydrogen) atoms. The zero-order valence-electron chi connectivity index (χ0n) is 29.9. The fourth-order valence-corrected chi connectivity index (χ4v) is 5.28. The molecular formula is C41H43Br2F6IN2Zn. The van der Waals surface area contributed by atoms with Crippen LogP contribution in [0, 0.1) is 10.5 Å². The van der Waals surface area contributed by atoms with Crippen molar-refractivity contribution in [1.29, 1.82) is 0 Å². The molecule has 0 spiro atoms. The van der Waals surface area contributed by atoms with Crippen molar-refractivity contribution in [3.63, 3.8) is 0 Å². The van der Waals surface area contributed by atoms with Crippen LogP contribution in [0.15, 0.2) is 109 Å². The average Bonchev–Trinajstić information content (AvgIpc) is 3.15. The summed E-state index contributed by atoms with van der Waals surface area (Å²) in [5.74, 6) is 0. The van der Waals surface area contributed by atoms with Gasteiger partial charge in [-0.15, -0.1) is 12.1 Å². The molecule has 0 heterocycles. The van der Waals surface area contributed by atoms with Crippen molar-refractivity contribution in [1.82, 2.24) is 0 Å². The third-order valence-corrected chi connectivity index (χ3v) is 9.22. The van der Waals surface area contributed by atoms with Crippen molar-refractivity contribution < 1.29 is 42.7 Å². The van der Waals surface area contributed by atoms with Gasteiger partial charge in [0.1, 0.15) is 0 Å². The third-order valence-electron chi connectivity index (χ3n) is 7.64. The van der Waals surface area contributed by atoms with E-state index < -0.39 is 23.5 Å². The van der Waals surface area contributed by atoms with Crippen molar-refractivity contribution in [3.8, 4) is 0 Å². The molecular weight excluding hydrogens is 987 g/mol. The van der Waals surface area contributed by atoms with E-state index in [1.165, 1.54) is 50.7 Å². The van der Waals surface area contributed by atoms with Crippen molar-refractivity contribution in [2.45, 2.75) is 64.1 Å². The molecule has 5 aromatic carbocycles. The summed E-state index contributed by atoms with van der Waals surface area (Å²) < 4.78 is 74.7. The molecule has 0 aliphatic rings. The summed E-state index contributed by atoms with van der Waals surface area (Å²) >= 11 is 9.42. The monoisotopic (exact) mass is 1030 g/mol. The van der Waals surface area contributed by atoms with Gasteiger partial charge in [-0.3, -0.25) is 0 Å². The molecule has 12 heteroatoms. The first-order valence-corrected chi connectivity index (χ1v) is 25.6. The molecule has 0 atom stereocenters. The molecule has 0 aliphatic heterocycles. The first-order valence-electron chi connectivity index (χ1n) is 16.5. The molecule has 0 fully saturated rings. The molecule has 0 unspecified atom stereocenters. The normalized spacial score (nSPS) is 10.6. The van der Waals surface area contributed by atoms with Gasteiger partial charge in [0.2, 0.25) is 0 Å². The van der Waals surface area contributed by atoms with Gasteiger partial charge in [0, 0.05) is 20.3 Å². The minimum atomic E-state index is -4.34. The Labute approximate surface area is 348 Å². The van der Waals surface area contributed by atoms with Crippen LogP contribution in [0.3, 0.4) is 0 Å². The molecule has 0 radical (unpaired) electrons. The quantitative estimate of drug-likeness (QED) is 0.0445. The fourth-order valence-electron chi connectivity index (χ4n) is 4.39. The number of nitrogens with two attached hydrogens (primary N) is 2. The average molecular weight is 1030 g/mol. The maximum atomic E-state index is 12.7. The second-order valence-electron chi connectivity index (χ2n) is 11.5. The molecule has 2 nitrogen and oxygen atoms in total. The number of aryl methyl sites for hydroxylation is 3. The summed E-state index contributed by atoms with van der Waals surface area (Å²) in [6, 6.07) is 31.5. The predicted octanol–water partition coefficient (Wildman–Crippen LogP) is 13.8. The number of hydrogen-bond acceptors (Lipinski definition) is 2. The van der Waals surface area contributed by atoms with E-state index in [4.69, 9.17) is 11.5 Å². The van der Waals surface area contributed by atoms with E-state index in [0.717, 1.165) is 60.0 Å². The molecule has 5 aromatic rings. The van der Waals surface area contributed by atoms with Crippen molar-refractivity contribution in [3.05, 3.63) is 170 Å². The number of benzene rings is 5. The molecule has 0 aromatic heterocycles. The van der Waals surface area contributed by atoms with Crippen LogP contribution in [0.25, 0.3) is 0 Å². The Balaban J connectivity index is 0.000000367. The predicted molar refractivity (Wildman–Crippen MR) is 221 cm³/mol. The number of alkyl halides is 7. The van der Waals surface area contributed by atoms with E-state index in [1.54, 1.807) is 22.6 Å². The summed E-state index contributed by atoms with van der Waals surface area (Å²) in [5, 5.41) is 0.955. The molecule has 282 valence electrons. The van der Waals surface area contributed by atoms with Crippen molar-refractivity contribution in [2.24, 2.45) is 0 Å². The summed E-state index contributed by atoms with van der Waals surface area (Å²) in [6.07, 6.45) is -5.04. The van der Waals surface area contributed by atoms with Gasteiger partial charge < -0.3 is 11.5 Å². The zero-order valence-corrected chi connectivity index (χ0v) is 38.2. The van der Waals surface area contributed by atoms with E-state index in [2.05, 4.69) is 93.6 Å².